The highest BCUT2D eigenvalue weighted by Gasteiger charge is 2.41. The smallest absolute Gasteiger partial charge is 0.186 e. The van der Waals surface area contributed by atoms with E-state index >= 15 is 0 Å². The molecule has 2 atom stereocenters. The monoisotopic (exact) mass is 299 g/mol. The number of hydrogen-bond acceptors (Lipinski definition) is 4. The fraction of sp³-hybridized carbons (Fsp3) is 0.600. The van der Waals surface area contributed by atoms with Gasteiger partial charge >= 0.3 is 0 Å². The Morgan fingerprint density at radius 3 is 2.20 bits per heavy atom. The van der Waals surface area contributed by atoms with Gasteiger partial charge in [0, 0.05) is 13.2 Å². The molecule has 0 saturated carbocycles. The molecule has 4 nitrogen and oxygen atoms in total. The molecule has 1 rings (SSSR count). The van der Waals surface area contributed by atoms with Gasteiger partial charge in [-0.05, 0) is 32.4 Å². The Morgan fingerprint density at radius 1 is 1.15 bits per heavy atom. The molecule has 5 heteroatoms. The van der Waals surface area contributed by atoms with E-state index in [9.17, 15) is 4.57 Å². The fourth-order valence-corrected chi connectivity index (χ4v) is 3.01. The molecule has 20 heavy (non-hydrogen) atoms. The molecule has 0 saturated heterocycles. The summed E-state index contributed by atoms with van der Waals surface area (Å²) < 4.78 is 23.6. The van der Waals surface area contributed by atoms with E-state index in [1.165, 1.54) is 0 Å². The number of nitrogens with one attached hydrogen (secondary N) is 1. The van der Waals surface area contributed by atoms with Gasteiger partial charge in [-0.15, -0.1) is 0 Å². The Labute approximate surface area is 123 Å². The molecule has 1 aromatic carbocycles. The Morgan fingerprint density at radius 2 is 1.75 bits per heavy atom. The van der Waals surface area contributed by atoms with Gasteiger partial charge in [-0.25, -0.2) is 0 Å². The third kappa shape index (κ3) is 4.16. The third-order valence-electron chi connectivity index (χ3n) is 3.11. The third-order valence-corrected chi connectivity index (χ3v) is 4.29. The first-order chi connectivity index (χ1) is 9.75. The zero-order chi connectivity index (χ0) is 14.8. The van der Waals surface area contributed by atoms with Crippen LogP contribution in [0, 0.1) is 0 Å². The second kappa shape index (κ2) is 9.30. The fourth-order valence-electron chi connectivity index (χ4n) is 2.15. The van der Waals surface area contributed by atoms with E-state index in [0.29, 0.717) is 13.2 Å². The summed E-state index contributed by atoms with van der Waals surface area (Å²) in [4.78, 5) is 0. The lowest BCUT2D eigenvalue weighted by Gasteiger charge is -2.37. The minimum atomic E-state index is -1.15. The minimum Gasteiger partial charge on any atom is -0.350 e. The summed E-state index contributed by atoms with van der Waals surface area (Å²) in [5, 5.41) is 2.63. The average Bonchev–Trinajstić information content (AvgIpc) is 2.50. The predicted molar refractivity (Wildman–Crippen MR) is 83.9 cm³/mol. The first-order valence-electron chi connectivity index (χ1n) is 7.25. The normalized spacial score (nSPS) is 15.0. The molecule has 1 N–H and O–H groups in total. The van der Waals surface area contributed by atoms with Gasteiger partial charge in [-0.2, -0.15) is 0 Å². The number of rotatable bonds is 10. The predicted octanol–water partition coefficient (Wildman–Crippen LogP) is 2.99. The Bertz CT molecular complexity index is 382. The van der Waals surface area contributed by atoms with Crippen LogP contribution >= 0.6 is 8.46 Å². The summed E-state index contributed by atoms with van der Waals surface area (Å²) in [5.74, 6) is 0. The highest BCUT2D eigenvalue weighted by molar-refractivity contribution is 7.25. The van der Waals surface area contributed by atoms with Gasteiger partial charge in [-0.1, -0.05) is 37.3 Å². The number of hydrogen-bond donors (Lipinski definition) is 1. The zero-order valence-corrected chi connectivity index (χ0v) is 13.7. The summed E-state index contributed by atoms with van der Waals surface area (Å²) in [5.41, 5.74) is 0.949. The highest BCUT2D eigenvalue weighted by atomic mass is 31.1. The van der Waals surface area contributed by atoms with Crippen LogP contribution in [0.15, 0.2) is 30.3 Å². The van der Waals surface area contributed by atoms with Gasteiger partial charge in [-0.3, -0.25) is 5.32 Å². The Hall–Kier alpha value is -0.670. The van der Waals surface area contributed by atoms with Crippen LogP contribution in [-0.2, 0) is 19.3 Å². The van der Waals surface area contributed by atoms with Crippen LogP contribution in [0.3, 0.4) is 0 Å². The van der Waals surface area contributed by atoms with Crippen molar-refractivity contribution in [2.24, 2.45) is 0 Å². The van der Waals surface area contributed by atoms with E-state index in [2.05, 4.69) is 12.2 Å². The molecular weight excluding hydrogens is 273 g/mol. The van der Waals surface area contributed by atoms with Crippen molar-refractivity contribution < 1.29 is 14.0 Å². The molecule has 0 aliphatic carbocycles. The van der Waals surface area contributed by atoms with E-state index in [1.54, 1.807) is 0 Å². The summed E-state index contributed by atoms with van der Waals surface area (Å²) in [6, 6.07) is 9.78. The topological polar surface area (TPSA) is 47.6 Å². The lowest BCUT2D eigenvalue weighted by molar-refractivity contribution is -0.165. The van der Waals surface area contributed by atoms with Crippen LogP contribution in [0.2, 0.25) is 0 Å². The minimum absolute atomic E-state index is 0.520. The summed E-state index contributed by atoms with van der Waals surface area (Å²) in [6.45, 7) is 7.72. The lowest BCUT2D eigenvalue weighted by Crippen LogP contribution is -2.50. The number of benzene rings is 1. The van der Waals surface area contributed by atoms with Crippen molar-refractivity contribution in [2.75, 3.05) is 19.8 Å². The maximum Gasteiger partial charge on any atom is 0.186 e. The van der Waals surface area contributed by atoms with Crippen LogP contribution in [0.1, 0.15) is 32.8 Å². The first kappa shape index (κ1) is 17.4. The summed E-state index contributed by atoms with van der Waals surface area (Å²) >= 11 is 0. The molecule has 0 aromatic heterocycles. The molecule has 114 valence electrons. The van der Waals surface area contributed by atoms with E-state index in [4.69, 9.17) is 9.47 Å². The van der Waals surface area contributed by atoms with Crippen molar-refractivity contribution in [1.29, 1.82) is 0 Å². The second-order valence-electron chi connectivity index (χ2n) is 4.52. The van der Waals surface area contributed by atoms with Crippen molar-refractivity contribution in [2.45, 2.75) is 38.8 Å². The van der Waals surface area contributed by atoms with Crippen molar-refractivity contribution in [1.82, 2.24) is 5.32 Å². The summed E-state index contributed by atoms with van der Waals surface area (Å²) in [6.07, 6.45) is 0.415. The molecule has 0 bridgehead atoms. The van der Waals surface area contributed by atoms with Crippen LogP contribution in [0.4, 0.5) is 0 Å². The van der Waals surface area contributed by atoms with Crippen molar-refractivity contribution in [3.63, 3.8) is 0 Å². The number of ether oxygens (including phenoxy) is 2. The van der Waals surface area contributed by atoms with Gasteiger partial charge in [0.1, 0.15) is 5.28 Å². The molecule has 0 amide bonds. The quantitative estimate of drug-likeness (QED) is 0.533. The van der Waals surface area contributed by atoms with Gasteiger partial charge in [0.05, 0.1) is 8.46 Å². The van der Waals surface area contributed by atoms with Crippen molar-refractivity contribution >= 4 is 8.46 Å². The highest BCUT2D eigenvalue weighted by Crippen LogP contribution is 2.38. The van der Waals surface area contributed by atoms with E-state index in [-0.39, 0.29) is 0 Å². The molecule has 0 fully saturated rings. The van der Waals surface area contributed by atoms with Crippen molar-refractivity contribution in [3.8, 4) is 0 Å². The molecule has 1 aromatic rings. The summed E-state index contributed by atoms with van der Waals surface area (Å²) in [7, 11) is -1.15. The van der Waals surface area contributed by atoms with Crippen LogP contribution in [0.25, 0.3) is 0 Å². The molecule has 0 spiro atoms. The van der Waals surface area contributed by atoms with E-state index < -0.39 is 20.0 Å². The Balaban J connectivity index is 3.18. The standard InChI is InChI=1S/C15H26NO3P/c1-4-12-16-15(20-17,13-10-8-7-9-11-13)14(18-5-2)19-6-3/h7-11,14,16H,4-6,12,20H2,1-3H3. The molecule has 0 radical (unpaired) electrons. The lowest BCUT2D eigenvalue weighted by atomic mass is 10.1. The molecule has 0 aliphatic rings. The van der Waals surface area contributed by atoms with Gasteiger partial charge in [0.25, 0.3) is 0 Å². The second-order valence-corrected chi connectivity index (χ2v) is 5.67. The molecule has 2 unspecified atom stereocenters. The van der Waals surface area contributed by atoms with Gasteiger partial charge in [0.2, 0.25) is 0 Å². The van der Waals surface area contributed by atoms with Crippen LogP contribution in [0.5, 0.6) is 0 Å². The van der Waals surface area contributed by atoms with E-state index in [1.807, 2.05) is 44.2 Å². The zero-order valence-electron chi connectivity index (χ0n) is 12.6. The maximum atomic E-state index is 12.1. The van der Waals surface area contributed by atoms with Crippen LogP contribution < -0.4 is 5.32 Å². The van der Waals surface area contributed by atoms with Gasteiger partial charge in [0.15, 0.2) is 6.29 Å². The van der Waals surface area contributed by atoms with Gasteiger partial charge < -0.3 is 14.0 Å². The molecule has 0 heterocycles. The Kier molecular flexibility index (Phi) is 8.08. The maximum absolute atomic E-state index is 12.1. The van der Waals surface area contributed by atoms with Crippen LogP contribution in [-0.4, -0.2) is 26.0 Å². The van der Waals surface area contributed by atoms with Crippen molar-refractivity contribution in [3.05, 3.63) is 35.9 Å². The SMILES string of the molecule is CCCNC([PH2]=O)(c1ccccc1)C(OCC)OCC. The molecule has 0 aliphatic heterocycles. The molecular formula is C15H26NO3P. The largest absolute Gasteiger partial charge is 0.350 e. The first-order valence-corrected chi connectivity index (χ1v) is 8.30. The van der Waals surface area contributed by atoms with E-state index in [0.717, 1.165) is 18.5 Å². The average molecular weight is 299 g/mol.